The minimum Gasteiger partial charge on any atom is -0.396 e. The molecule has 5 N–H and O–H groups in total. The monoisotopic (exact) mass is 229 g/mol. The summed E-state index contributed by atoms with van der Waals surface area (Å²) in [6.45, 7) is 1.40. The maximum atomic E-state index is 11.8. The van der Waals surface area contributed by atoms with Crippen molar-refractivity contribution in [3.8, 4) is 0 Å². The van der Waals surface area contributed by atoms with Crippen LogP contribution in [0.5, 0.6) is 0 Å². The average molecular weight is 229 g/mol. The molecule has 0 aromatic rings. The van der Waals surface area contributed by atoms with E-state index in [1.54, 1.807) is 4.90 Å². The molecule has 16 heavy (non-hydrogen) atoms. The molecule has 1 heterocycles. The Labute approximate surface area is 94.6 Å². The van der Waals surface area contributed by atoms with E-state index in [9.17, 15) is 9.59 Å². The molecule has 1 aliphatic heterocycles. The van der Waals surface area contributed by atoms with Gasteiger partial charge >= 0.3 is 0 Å². The summed E-state index contributed by atoms with van der Waals surface area (Å²) in [5.41, 5.74) is 10.6. The Balaban J connectivity index is 2.41. The summed E-state index contributed by atoms with van der Waals surface area (Å²) in [6, 6.07) is -0.828. The minimum absolute atomic E-state index is 0.111. The van der Waals surface area contributed by atoms with Crippen molar-refractivity contribution in [3.05, 3.63) is 0 Å². The maximum Gasteiger partial charge on any atom is 0.240 e. The summed E-state index contributed by atoms with van der Waals surface area (Å²) in [5.74, 6) is -0.444. The van der Waals surface area contributed by atoms with E-state index < -0.39 is 11.9 Å². The summed E-state index contributed by atoms with van der Waals surface area (Å²) in [6.07, 6.45) is 1.48. The van der Waals surface area contributed by atoms with Gasteiger partial charge in [-0.15, -0.1) is 0 Å². The molecule has 0 aromatic heterocycles. The number of aliphatic hydroxyl groups excluding tert-OH is 1. The number of likely N-dealkylation sites (tertiary alicyclic amines) is 1. The van der Waals surface area contributed by atoms with E-state index in [0.717, 1.165) is 6.42 Å². The number of hydrogen-bond acceptors (Lipinski definition) is 4. The smallest absolute Gasteiger partial charge is 0.240 e. The number of amides is 2. The lowest BCUT2D eigenvalue weighted by Gasteiger charge is -2.20. The van der Waals surface area contributed by atoms with Crippen LogP contribution in [0.15, 0.2) is 0 Å². The van der Waals surface area contributed by atoms with Crippen LogP contribution < -0.4 is 11.5 Å². The SMILES string of the molecule is NC(=O)CC(N)C(=O)N1CCC(CCO)C1. The molecule has 2 amide bonds. The van der Waals surface area contributed by atoms with E-state index in [2.05, 4.69) is 0 Å². The van der Waals surface area contributed by atoms with Crippen LogP contribution in [-0.2, 0) is 9.59 Å². The van der Waals surface area contributed by atoms with Crippen LogP contribution >= 0.6 is 0 Å². The molecule has 0 spiro atoms. The Hall–Kier alpha value is -1.14. The average Bonchev–Trinajstić information content (AvgIpc) is 2.64. The molecular weight excluding hydrogens is 210 g/mol. The number of rotatable bonds is 5. The summed E-state index contributed by atoms with van der Waals surface area (Å²) in [7, 11) is 0. The van der Waals surface area contributed by atoms with Gasteiger partial charge in [0, 0.05) is 19.7 Å². The third kappa shape index (κ3) is 3.46. The number of hydrogen-bond donors (Lipinski definition) is 3. The number of nitrogens with zero attached hydrogens (tertiary/aromatic N) is 1. The highest BCUT2D eigenvalue weighted by Crippen LogP contribution is 2.19. The van der Waals surface area contributed by atoms with Crippen LogP contribution in [0.4, 0.5) is 0 Å². The largest absolute Gasteiger partial charge is 0.396 e. The second-order valence-electron chi connectivity index (χ2n) is 4.23. The number of carbonyl (C=O) groups excluding carboxylic acids is 2. The molecule has 92 valence electrons. The lowest BCUT2D eigenvalue weighted by Crippen LogP contribution is -2.44. The van der Waals surface area contributed by atoms with Gasteiger partial charge in [-0.05, 0) is 18.8 Å². The van der Waals surface area contributed by atoms with Crippen LogP contribution in [0.1, 0.15) is 19.3 Å². The lowest BCUT2D eigenvalue weighted by atomic mass is 10.1. The number of nitrogens with two attached hydrogens (primary N) is 2. The highest BCUT2D eigenvalue weighted by Gasteiger charge is 2.29. The first-order valence-corrected chi connectivity index (χ1v) is 5.48. The normalized spacial score (nSPS) is 22.1. The molecule has 2 unspecified atom stereocenters. The van der Waals surface area contributed by atoms with Crippen molar-refractivity contribution < 1.29 is 14.7 Å². The van der Waals surface area contributed by atoms with Gasteiger partial charge in [0.25, 0.3) is 0 Å². The van der Waals surface area contributed by atoms with Gasteiger partial charge in [0.05, 0.1) is 12.5 Å². The molecule has 6 heteroatoms. The minimum atomic E-state index is -0.828. The first-order chi connectivity index (χ1) is 7.54. The van der Waals surface area contributed by atoms with Gasteiger partial charge in [0.15, 0.2) is 0 Å². The molecule has 1 aliphatic rings. The first-order valence-electron chi connectivity index (χ1n) is 5.48. The van der Waals surface area contributed by atoms with E-state index in [4.69, 9.17) is 16.6 Å². The van der Waals surface area contributed by atoms with E-state index in [1.165, 1.54) is 0 Å². The standard InChI is InChI=1S/C10H19N3O3/c11-8(5-9(12)15)10(16)13-3-1-7(6-13)2-4-14/h7-8,14H,1-6,11H2,(H2,12,15). The van der Waals surface area contributed by atoms with Crippen molar-refractivity contribution in [2.45, 2.75) is 25.3 Å². The van der Waals surface area contributed by atoms with Crippen molar-refractivity contribution in [3.63, 3.8) is 0 Å². The van der Waals surface area contributed by atoms with Gasteiger partial charge in [-0.2, -0.15) is 0 Å². The summed E-state index contributed by atoms with van der Waals surface area (Å²) < 4.78 is 0. The maximum absolute atomic E-state index is 11.8. The lowest BCUT2D eigenvalue weighted by molar-refractivity contribution is -0.133. The molecule has 6 nitrogen and oxygen atoms in total. The third-order valence-corrected chi connectivity index (χ3v) is 2.87. The van der Waals surface area contributed by atoms with E-state index in [0.29, 0.717) is 25.4 Å². The molecule has 0 aromatic carbocycles. The highest BCUT2D eigenvalue weighted by molar-refractivity contribution is 5.87. The first kappa shape index (κ1) is 12.9. The summed E-state index contributed by atoms with van der Waals surface area (Å²) >= 11 is 0. The van der Waals surface area contributed by atoms with Gasteiger partial charge in [-0.25, -0.2) is 0 Å². The summed E-state index contributed by atoms with van der Waals surface area (Å²) in [4.78, 5) is 24.0. The van der Waals surface area contributed by atoms with Gasteiger partial charge in [0.1, 0.15) is 0 Å². The predicted molar refractivity (Wildman–Crippen MR) is 58.2 cm³/mol. The van der Waals surface area contributed by atoms with Crippen molar-refractivity contribution in [1.82, 2.24) is 4.90 Å². The van der Waals surface area contributed by atoms with Crippen molar-refractivity contribution >= 4 is 11.8 Å². The fourth-order valence-corrected chi connectivity index (χ4v) is 1.99. The molecule has 0 radical (unpaired) electrons. The highest BCUT2D eigenvalue weighted by atomic mass is 16.3. The second-order valence-corrected chi connectivity index (χ2v) is 4.23. The fraction of sp³-hybridized carbons (Fsp3) is 0.800. The number of primary amides is 1. The Morgan fingerprint density at radius 2 is 2.19 bits per heavy atom. The summed E-state index contributed by atoms with van der Waals surface area (Å²) in [5, 5.41) is 8.79. The quantitative estimate of drug-likeness (QED) is 0.528. The molecule has 1 fully saturated rings. The zero-order chi connectivity index (χ0) is 12.1. The second kappa shape index (κ2) is 5.81. The van der Waals surface area contributed by atoms with Gasteiger partial charge in [0.2, 0.25) is 11.8 Å². The topological polar surface area (TPSA) is 110 Å². The van der Waals surface area contributed by atoms with E-state index in [1.807, 2.05) is 0 Å². The fourth-order valence-electron chi connectivity index (χ4n) is 1.99. The molecule has 1 rings (SSSR count). The van der Waals surface area contributed by atoms with Gasteiger partial charge < -0.3 is 21.5 Å². The van der Waals surface area contributed by atoms with Crippen LogP contribution in [-0.4, -0.2) is 47.6 Å². The Bertz CT molecular complexity index is 270. The van der Waals surface area contributed by atoms with E-state index >= 15 is 0 Å². The van der Waals surface area contributed by atoms with Crippen LogP contribution in [0.25, 0.3) is 0 Å². The number of carbonyl (C=O) groups is 2. The van der Waals surface area contributed by atoms with Crippen LogP contribution in [0, 0.1) is 5.92 Å². The predicted octanol–water partition coefficient (Wildman–Crippen LogP) is -1.58. The van der Waals surface area contributed by atoms with Crippen molar-refractivity contribution in [2.75, 3.05) is 19.7 Å². The third-order valence-electron chi connectivity index (χ3n) is 2.87. The molecule has 0 aliphatic carbocycles. The van der Waals surface area contributed by atoms with Crippen molar-refractivity contribution in [2.24, 2.45) is 17.4 Å². The molecular formula is C10H19N3O3. The van der Waals surface area contributed by atoms with Crippen LogP contribution in [0.2, 0.25) is 0 Å². The molecule has 0 bridgehead atoms. The van der Waals surface area contributed by atoms with E-state index in [-0.39, 0.29) is 18.9 Å². The Kier molecular flexibility index (Phi) is 4.70. The zero-order valence-corrected chi connectivity index (χ0v) is 9.26. The van der Waals surface area contributed by atoms with Crippen LogP contribution in [0.3, 0.4) is 0 Å². The molecule has 2 atom stereocenters. The van der Waals surface area contributed by atoms with Gasteiger partial charge in [-0.3, -0.25) is 9.59 Å². The zero-order valence-electron chi connectivity index (χ0n) is 9.26. The van der Waals surface area contributed by atoms with Crippen molar-refractivity contribution in [1.29, 1.82) is 0 Å². The Morgan fingerprint density at radius 3 is 2.75 bits per heavy atom. The molecule has 0 saturated carbocycles. The number of aliphatic hydroxyl groups is 1. The molecule has 1 saturated heterocycles. The van der Waals surface area contributed by atoms with Gasteiger partial charge in [-0.1, -0.05) is 0 Å². The Morgan fingerprint density at radius 1 is 1.50 bits per heavy atom.